The third-order valence-corrected chi connectivity index (χ3v) is 4.46. The number of alkyl halides is 3. The first-order valence-corrected chi connectivity index (χ1v) is 8.99. The Bertz CT molecular complexity index is 1070. The van der Waals surface area contributed by atoms with E-state index in [1.807, 2.05) is 0 Å². The lowest BCUT2D eigenvalue weighted by molar-refractivity contribution is -0.137. The van der Waals surface area contributed by atoms with Crippen LogP contribution in [-0.2, 0) is 17.5 Å². The van der Waals surface area contributed by atoms with E-state index in [1.165, 1.54) is 6.07 Å². The van der Waals surface area contributed by atoms with Gasteiger partial charge in [0.1, 0.15) is 5.82 Å². The second-order valence-electron chi connectivity index (χ2n) is 6.33. The molecule has 0 fully saturated rings. The molecular weight excluding hydrogens is 407 g/mol. The van der Waals surface area contributed by atoms with Crippen LogP contribution in [0.3, 0.4) is 0 Å². The zero-order chi connectivity index (χ0) is 21.2. The quantitative estimate of drug-likeness (QED) is 0.479. The second kappa shape index (κ2) is 8.12. The Morgan fingerprint density at radius 2 is 1.83 bits per heavy atom. The molecule has 3 aromatic rings. The standard InChI is InChI=1S/C19H17ClF3N5O/c20-13-6-3-11(4-7-13)17-26-14-10-12(19(21,22)23)5-8-15(14)28(17)9-1-2-16(29)27-18(24)25/h3-8,10H,1-2,9H2,(H4,24,25,27,29). The topological polar surface area (TPSA) is 99.3 Å². The van der Waals surface area contributed by atoms with Gasteiger partial charge in [-0.3, -0.25) is 4.79 Å². The number of aryl methyl sites for hydroxylation is 1. The molecule has 0 spiro atoms. The number of nitrogens with two attached hydrogens (primary N) is 2. The monoisotopic (exact) mass is 423 g/mol. The van der Waals surface area contributed by atoms with E-state index in [0.29, 0.717) is 34.9 Å². The van der Waals surface area contributed by atoms with Crippen molar-refractivity contribution in [3.63, 3.8) is 0 Å². The number of carbonyl (C=O) groups excluding carboxylic acids is 1. The number of carbonyl (C=O) groups is 1. The van der Waals surface area contributed by atoms with E-state index in [2.05, 4.69) is 9.98 Å². The number of nitrogens with zero attached hydrogens (tertiary/aromatic N) is 3. The summed E-state index contributed by atoms with van der Waals surface area (Å²) in [4.78, 5) is 19.5. The fourth-order valence-corrected chi connectivity index (χ4v) is 3.07. The van der Waals surface area contributed by atoms with Crippen LogP contribution in [0.2, 0.25) is 5.02 Å². The molecule has 0 aliphatic carbocycles. The van der Waals surface area contributed by atoms with E-state index < -0.39 is 17.6 Å². The van der Waals surface area contributed by atoms with Crippen LogP contribution in [-0.4, -0.2) is 21.4 Å². The summed E-state index contributed by atoms with van der Waals surface area (Å²) in [5.41, 5.74) is 11.0. The summed E-state index contributed by atoms with van der Waals surface area (Å²) in [6.07, 6.45) is -4.01. The number of benzene rings is 2. The highest BCUT2D eigenvalue weighted by Gasteiger charge is 2.31. The van der Waals surface area contributed by atoms with Crippen LogP contribution in [0.1, 0.15) is 18.4 Å². The van der Waals surface area contributed by atoms with Gasteiger partial charge < -0.3 is 16.0 Å². The van der Waals surface area contributed by atoms with Crippen molar-refractivity contribution in [2.75, 3.05) is 0 Å². The van der Waals surface area contributed by atoms with Crippen LogP contribution in [0, 0.1) is 0 Å². The molecule has 0 saturated heterocycles. The molecule has 0 unspecified atom stereocenters. The van der Waals surface area contributed by atoms with Crippen LogP contribution in [0.4, 0.5) is 13.2 Å². The van der Waals surface area contributed by atoms with Crippen LogP contribution >= 0.6 is 11.6 Å². The normalized spacial score (nSPS) is 11.6. The van der Waals surface area contributed by atoms with Crippen LogP contribution < -0.4 is 11.5 Å². The zero-order valence-corrected chi connectivity index (χ0v) is 15.8. The average molecular weight is 424 g/mol. The van der Waals surface area contributed by atoms with E-state index in [0.717, 1.165) is 12.1 Å². The van der Waals surface area contributed by atoms with Gasteiger partial charge in [-0.2, -0.15) is 18.2 Å². The first-order valence-electron chi connectivity index (χ1n) is 8.61. The van der Waals surface area contributed by atoms with E-state index in [-0.39, 0.29) is 17.9 Å². The van der Waals surface area contributed by atoms with Crippen molar-refractivity contribution in [1.29, 1.82) is 0 Å². The molecule has 3 rings (SSSR count). The summed E-state index contributed by atoms with van der Waals surface area (Å²) in [5, 5.41) is 0.526. The highest BCUT2D eigenvalue weighted by Crippen LogP contribution is 2.33. The van der Waals surface area contributed by atoms with Crippen molar-refractivity contribution < 1.29 is 18.0 Å². The molecule has 0 aliphatic heterocycles. The van der Waals surface area contributed by atoms with Gasteiger partial charge >= 0.3 is 6.18 Å². The van der Waals surface area contributed by atoms with Crippen molar-refractivity contribution in [1.82, 2.24) is 9.55 Å². The Morgan fingerprint density at radius 1 is 1.14 bits per heavy atom. The minimum atomic E-state index is -4.47. The molecule has 10 heteroatoms. The van der Waals surface area contributed by atoms with Crippen molar-refractivity contribution in [3.05, 3.63) is 53.1 Å². The van der Waals surface area contributed by atoms with Crippen molar-refractivity contribution in [2.45, 2.75) is 25.6 Å². The summed E-state index contributed by atoms with van der Waals surface area (Å²) in [5.74, 6) is -0.309. The maximum atomic E-state index is 13.1. The fourth-order valence-electron chi connectivity index (χ4n) is 2.94. The molecule has 0 radical (unpaired) electrons. The van der Waals surface area contributed by atoms with Gasteiger partial charge in [-0.15, -0.1) is 0 Å². The summed E-state index contributed by atoms with van der Waals surface area (Å²) in [6.45, 7) is 0.339. The largest absolute Gasteiger partial charge is 0.416 e. The predicted molar refractivity (Wildman–Crippen MR) is 105 cm³/mol. The molecule has 29 heavy (non-hydrogen) atoms. The molecule has 0 aliphatic rings. The molecule has 152 valence electrons. The van der Waals surface area contributed by atoms with Gasteiger partial charge in [0.05, 0.1) is 16.6 Å². The number of rotatable bonds is 5. The van der Waals surface area contributed by atoms with Gasteiger partial charge in [0.2, 0.25) is 5.91 Å². The lowest BCUT2D eigenvalue weighted by atomic mass is 10.2. The molecule has 1 heterocycles. The van der Waals surface area contributed by atoms with Crippen molar-refractivity contribution >= 4 is 34.5 Å². The van der Waals surface area contributed by atoms with Gasteiger partial charge in [0.25, 0.3) is 0 Å². The van der Waals surface area contributed by atoms with Crippen LogP contribution in [0.15, 0.2) is 47.5 Å². The van der Waals surface area contributed by atoms with E-state index in [9.17, 15) is 18.0 Å². The van der Waals surface area contributed by atoms with Crippen molar-refractivity contribution in [3.8, 4) is 11.4 Å². The number of hydrogen-bond acceptors (Lipinski definition) is 2. The number of amides is 1. The number of hydrogen-bond donors (Lipinski definition) is 2. The molecule has 2 aromatic carbocycles. The molecule has 1 aromatic heterocycles. The number of imidazole rings is 1. The smallest absolute Gasteiger partial charge is 0.370 e. The Hall–Kier alpha value is -3.07. The maximum Gasteiger partial charge on any atom is 0.416 e. The van der Waals surface area contributed by atoms with E-state index in [1.54, 1.807) is 28.8 Å². The molecule has 0 atom stereocenters. The van der Waals surface area contributed by atoms with Crippen molar-refractivity contribution in [2.24, 2.45) is 16.5 Å². The SMILES string of the molecule is NC(N)=NC(=O)CCCn1c(-c2ccc(Cl)cc2)nc2cc(C(F)(F)F)ccc21. The maximum absolute atomic E-state index is 13.1. The van der Waals surface area contributed by atoms with Crippen LogP contribution in [0.25, 0.3) is 22.4 Å². The number of fused-ring (bicyclic) bond motifs is 1. The minimum absolute atomic E-state index is 0.0816. The van der Waals surface area contributed by atoms with Gasteiger partial charge in [-0.25, -0.2) is 4.98 Å². The summed E-state index contributed by atoms with van der Waals surface area (Å²) >= 11 is 5.93. The average Bonchev–Trinajstić information content (AvgIpc) is 2.99. The molecule has 6 nitrogen and oxygen atoms in total. The summed E-state index contributed by atoms with van der Waals surface area (Å²) in [6, 6.07) is 10.2. The molecular formula is C19H17ClF3N5O. The lowest BCUT2D eigenvalue weighted by Gasteiger charge is -2.10. The van der Waals surface area contributed by atoms with Gasteiger partial charge in [-0.05, 0) is 48.9 Å². The highest BCUT2D eigenvalue weighted by molar-refractivity contribution is 6.30. The van der Waals surface area contributed by atoms with Gasteiger partial charge in [0.15, 0.2) is 5.96 Å². The Morgan fingerprint density at radius 3 is 2.45 bits per heavy atom. The molecule has 4 N–H and O–H groups in total. The Labute approximate surface area is 169 Å². The molecule has 1 amide bonds. The number of halogens is 4. The molecule has 0 saturated carbocycles. The van der Waals surface area contributed by atoms with E-state index >= 15 is 0 Å². The first-order chi connectivity index (χ1) is 13.6. The number of aromatic nitrogens is 2. The molecule has 0 bridgehead atoms. The predicted octanol–water partition coefficient (Wildman–Crippen LogP) is 3.96. The number of guanidine groups is 1. The third kappa shape index (κ3) is 4.86. The third-order valence-electron chi connectivity index (χ3n) is 4.20. The Kier molecular flexibility index (Phi) is 5.78. The van der Waals surface area contributed by atoms with Gasteiger partial charge in [-0.1, -0.05) is 11.6 Å². The summed E-state index contributed by atoms with van der Waals surface area (Å²) in [7, 11) is 0. The highest BCUT2D eigenvalue weighted by atomic mass is 35.5. The first kappa shape index (κ1) is 20.7. The minimum Gasteiger partial charge on any atom is -0.370 e. The second-order valence-corrected chi connectivity index (χ2v) is 6.77. The van der Waals surface area contributed by atoms with E-state index in [4.69, 9.17) is 23.1 Å². The lowest BCUT2D eigenvalue weighted by Crippen LogP contribution is -2.24. The van der Waals surface area contributed by atoms with Gasteiger partial charge in [0, 0.05) is 23.6 Å². The fraction of sp³-hybridized carbons (Fsp3) is 0.211. The summed E-state index contributed by atoms with van der Waals surface area (Å²) < 4.78 is 41.0. The van der Waals surface area contributed by atoms with Crippen LogP contribution in [0.5, 0.6) is 0 Å². The Balaban J connectivity index is 2.00. The number of aliphatic imine (C=N–C) groups is 1. The zero-order valence-electron chi connectivity index (χ0n) is 15.1.